The highest BCUT2D eigenvalue weighted by atomic mass is 79.9. The van der Waals surface area contributed by atoms with E-state index in [1.165, 1.54) is 13.8 Å². The molecule has 0 aliphatic carbocycles. The normalized spacial score (nSPS) is 23.2. The molecule has 0 radical (unpaired) electrons. The average Bonchev–Trinajstić information content (AvgIpc) is 2.49. The molecule has 0 unspecified atom stereocenters. The van der Waals surface area contributed by atoms with E-state index in [-0.39, 0.29) is 6.61 Å². The zero-order chi connectivity index (χ0) is 16.8. The third-order valence-corrected chi connectivity index (χ3v) is 3.48. The van der Waals surface area contributed by atoms with Gasteiger partial charge in [-0.1, -0.05) is 15.9 Å². The molecule has 2 rings (SSSR count). The Morgan fingerprint density at radius 2 is 1.83 bits per heavy atom. The Bertz CT molecular complexity index is 583. The lowest BCUT2D eigenvalue weighted by atomic mass is 10.1. The van der Waals surface area contributed by atoms with Crippen LogP contribution in [0.3, 0.4) is 0 Å². The SMILES string of the molecule is CC(=O)OC[C@H]1O[C@H](Oc2ccc(Br)cc2)C=C[C@@H]1OC(C)=O. The molecule has 0 fully saturated rings. The molecule has 1 aliphatic heterocycles. The van der Waals surface area contributed by atoms with Crippen LogP contribution in [-0.2, 0) is 23.8 Å². The average molecular weight is 385 g/mol. The van der Waals surface area contributed by atoms with Crippen LogP contribution < -0.4 is 4.74 Å². The predicted octanol–water partition coefficient (Wildman–Crippen LogP) is 2.60. The number of ether oxygens (including phenoxy) is 4. The maximum absolute atomic E-state index is 11.1. The van der Waals surface area contributed by atoms with Crippen LogP contribution >= 0.6 is 15.9 Å². The van der Waals surface area contributed by atoms with Gasteiger partial charge in [-0.2, -0.15) is 0 Å². The standard InChI is InChI=1S/C16H17BrO6/c1-10(18)20-9-15-14(21-11(2)19)7-8-16(23-15)22-13-5-3-12(17)4-6-13/h3-8,14-16H,9H2,1-2H3/t14-,15+,16-/m0/s1. The van der Waals surface area contributed by atoms with E-state index in [4.69, 9.17) is 18.9 Å². The Hall–Kier alpha value is -1.86. The fraction of sp³-hybridized carbons (Fsp3) is 0.375. The van der Waals surface area contributed by atoms with Gasteiger partial charge < -0.3 is 18.9 Å². The summed E-state index contributed by atoms with van der Waals surface area (Å²) in [6.07, 6.45) is 1.40. The minimum atomic E-state index is -0.663. The van der Waals surface area contributed by atoms with E-state index in [1.54, 1.807) is 24.3 Å². The summed E-state index contributed by atoms with van der Waals surface area (Å²) in [6.45, 7) is 2.58. The number of benzene rings is 1. The van der Waals surface area contributed by atoms with Crippen molar-refractivity contribution in [3.05, 3.63) is 40.9 Å². The number of rotatable bonds is 5. The molecular weight excluding hydrogens is 368 g/mol. The van der Waals surface area contributed by atoms with E-state index >= 15 is 0 Å². The molecule has 0 aromatic heterocycles. The van der Waals surface area contributed by atoms with Gasteiger partial charge in [-0.15, -0.1) is 0 Å². The van der Waals surface area contributed by atoms with Gasteiger partial charge in [0.05, 0.1) is 0 Å². The van der Waals surface area contributed by atoms with Crippen LogP contribution in [0.4, 0.5) is 0 Å². The Balaban J connectivity index is 2.03. The molecule has 1 aromatic carbocycles. The van der Waals surface area contributed by atoms with Crippen LogP contribution in [0.15, 0.2) is 40.9 Å². The zero-order valence-electron chi connectivity index (χ0n) is 12.7. The van der Waals surface area contributed by atoms with E-state index < -0.39 is 30.4 Å². The minimum Gasteiger partial charge on any atom is -0.463 e. The maximum atomic E-state index is 11.1. The summed E-state index contributed by atoms with van der Waals surface area (Å²) in [5.74, 6) is -0.251. The molecular formula is C16H17BrO6. The minimum absolute atomic E-state index is 0.0299. The van der Waals surface area contributed by atoms with Gasteiger partial charge >= 0.3 is 11.9 Å². The molecule has 3 atom stereocenters. The first kappa shape index (κ1) is 17.5. The van der Waals surface area contributed by atoms with Crippen molar-refractivity contribution in [1.29, 1.82) is 0 Å². The molecule has 0 N–H and O–H groups in total. The largest absolute Gasteiger partial charge is 0.463 e. The summed E-state index contributed by atoms with van der Waals surface area (Å²) in [4.78, 5) is 22.1. The van der Waals surface area contributed by atoms with E-state index in [9.17, 15) is 9.59 Å². The summed E-state index contributed by atoms with van der Waals surface area (Å²) in [6, 6.07) is 7.28. The molecule has 6 nitrogen and oxygen atoms in total. The van der Waals surface area contributed by atoms with Crippen LogP contribution in [0.5, 0.6) is 5.75 Å². The number of carbonyl (C=O) groups excluding carboxylic acids is 2. The lowest BCUT2D eigenvalue weighted by molar-refractivity contribution is -0.178. The van der Waals surface area contributed by atoms with Crippen molar-refractivity contribution in [2.24, 2.45) is 0 Å². The summed E-state index contributed by atoms with van der Waals surface area (Å²) in [5.41, 5.74) is 0. The highest BCUT2D eigenvalue weighted by molar-refractivity contribution is 9.10. The monoisotopic (exact) mass is 384 g/mol. The molecule has 0 saturated carbocycles. The Morgan fingerprint density at radius 1 is 1.13 bits per heavy atom. The van der Waals surface area contributed by atoms with Crippen LogP contribution in [0, 0.1) is 0 Å². The first-order chi connectivity index (χ1) is 10.9. The highest BCUT2D eigenvalue weighted by Gasteiger charge is 2.31. The summed E-state index contributed by atoms with van der Waals surface area (Å²) in [5, 5.41) is 0. The molecule has 1 aliphatic rings. The van der Waals surface area contributed by atoms with Crippen molar-refractivity contribution in [2.75, 3.05) is 6.61 Å². The Kier molecular flexibility index (Phi) is 6.18. The van der Waals surface area contributed by atoms with Crippen LogP contribution in [0.1, 0.15) is 13.8 Å². The number of carbonyl (C=O) groups is 2. The molecule has 1 heterocycles. The van der Waals surface area contributed by atoms with Gasteiger partial charge in [0.1, 0.15) is 24.6 Å². The topological polar surface area (TPSA) is 71.1 Å². The Labute approximate surface area is 142 Å². The first-order valence-electron chi connectivity index (χ1n) is 7.00. The number of halogens is 1. The van der Waals surface area contributed by atoms with Crippen LogP contribution in [-0.4, -0.2) is 37.0 Å². The second-order valence-corrected chi connectivity index (χ2v) is 5.79. The lowest BCUT2D eigenvalue weighted by Gasteiger charge is -2.31. The molecule has 23 heavy (non-hydrogen) atoms. The third kappa shape index (κ3) is 5.69. The van der Waals surface area contributed by atoms with Gasteiger partial charge in [-0.25, -0.2) is 0 Å². The van der Waals surface area contributed by atoms with Gasteiger partial charge in [-0.05, 0) is 36.4 Å². The second kappa shape index (κ2) is 8.12. The number of esters is 2. The van der Waals surface area contributed by atoms with E-state index in [0.717, 1.165) is 4.47 Å². The van der Waals surface area contributed by atoms with Crippen LogP contribution in [0.25, 0.3) is 0 Å². The molecule has 0 amide bonds. The molecule has 0 bridgehead atoms. The van der Waals surface area contributed by atoms with E-state index in [1.807, 2.05) is 12.1 Å². The third-order valence-electron chi connectivity index (χ3n) is 2.95. The van der Waals surface area contributed by atoms with Gasteiger partial charge in [0.25, 0.3) is 0 Å². The van der Waals surface area contributed by atoms with E-state index in [2.05, 4.69) is 15.9 Å². The molecule has 0 saturated heterocycles. The number of hydrogen-bond donors (Lipinski definition) is 0. The molecule has 0 spiro atoms. The second-order valence-electron chi connectivity index (χ2n) is 4.88. The molecule has 7 heteroatoms. The van der Waals surface area contributed by atoms with Crippen molar-refractivity contribution in [3.63, 3.8) is 0 Å². The smallest absolute Gasteiger partial charge is 0.303 e. The number of hydrogen-bond acceptors (Lipinski definition) is 6. The van der Waals surface area contributed by atoms with Crippen molar-refractivity contribution < 1.29 is 28.5 Å². The van der Waals surface area contributed by atoms with E-state index in [0.29, 0.717) is 5.75 Å². The fourth-order valence-electron chi connectivity index (χ4n) is 1.97. The summed E-state index contributed by atoms with van der Waals surface area (Å²) in [7, 11) is 0. The Morgan fingerprint density at radius 3 is 2.43 bits per heavy atom. The maximum Gasteiger partial charge on any atom is 0.303 e. The van der Waals surface area contributed by atoms with Gasteiger partial charge in [0, 0.05) is 18.3 Å². The molecule has 124 valence electrons. The quantitative estimate of drug-likeness (QED) is 0.573. The first-order valence-corrected chi connectivity index (χ1v) is 7.80. The summed E-state index contributed by atoms with van der Waals surface area (Å²) < 4.78 is 22.4. The molecule has 1 aromatic rings. The fourth-order valence-corrected chi connectivity index (χ4v) is 2.24. The van der Waals surface area contributed by atoms with Crippen molar-refractivity contribution in [1.82, 2.24) is 0 Å². The van der Waals surface area contributed by atoms with Gasteiger partial charge in [0.2, 0.25) is 6.29 Å². The zero-order valence-corrected chi connectivity index (χ0v) is 14.3. The van der Waals surface area contributed by atoms with Crippen molar-refractivity contribution in [2.45, 2.75) is 32.3 Å². The lowest BCUT2D eigenvalue weighted by Crippen LogP contribution is -2.42. The van der Waals surface area contributed by atoms with Gasteiger partial charge in [0.15, 0.2) is 0 Å². The summed E-state index contributed by atoms with van der Waals surface area (Å²) >= 11 is 3.35. The van der Waals surface area contributed by atoms with Crippen molar-refractivity contribution in [3.8, 4) is 5.75 Å². The van der Waals surface area contributed by atoms with Crippen LogP contribution in [0.2, 0.25) is 0 Å². The van der Waals surface area contributed by atoms with Crippen molar-refractivity contribution >= 4 is 27.9 Å². The highest BCUT2D eigenvalue weighted by Crippen LogP contribution is 2.22. The van der Waals surface area contributed by atoms with Gasteiger partial charge in [-0.3, -0.25) is 9.59 Å². The predicted molar refractivity (Wildman–Crippen MR) is 84.8 cm³/mol.